The van der Waals surface area contributed by atoms with Gasteiger partial charge in [-0.05, 0) is 104 Å². The van der Waals surface area contributed by atoms with Crippen LogP contribution in [0.25, 0.3) is 0 Å². The van der Waals surface area contributed by atoms with Gasteiger partial charge < -0.3 is 19.9 Å². The smallest absolute Gasteiger partial charge is 0.331 e. The summed E-state index contributed by atoms with van der Waals surface area (Å²) in [4.78, 5) is 17.6. The van der Waals surface area contributed by atoms with Gasteiger partial charge in [-0.3, -0.25) is 4.98 Å². The van der Waals surface area contributed by atoms with E-state index in [0.717, 1.165) is 54.8 Å². The molecule has 6 rings (SSSR count). The average Bonchev–Trinajstić information content (AvgIpc) is 3.50. The predicted molar refractivity (Wildman–Crippen MR) is 160 cm³/mol. The Morgan fingerprint density at radius 3 is 2.73 bits per heavy atom. The molecule has 0 bridgehead atoms. The van der Waals surface area contributed by atoms with Crippen LogP contribution in [0.4, 0.5) is 5.69 Å². The van der Waals surface area contributed by atoms with E-state index < -0.39 is 11.6 Å². The van der Waals surface area contributed by atoms with Crippen molar-refractivity contribution in [3.05, 3.63) is 88.2 Å². The number of aromatic nitrogens is 1. The van der Waals surface area contributed by atoms with Crippen molar-refractivity contribution in [1.82, 2.24) is 4.98 Å². The van der Waals surface area contributed by atoms with Gasteiger partial charge in [-0.15, -0.1) is 0 Å². The van der Waals surface area contributed by atoms with Gasteiger partial charge in [-0.25, -0.2) is 4.79 Å². The van der Waals surface area contributed by atoms with E-state index in [1.807, 2.05) is 30.3 Å². The van der Waals surface area contributed by atoms with Gasteiger partial charge in [0.1, 0.15) is 11.3 Å². The highest BCUT2D eigenvalue weighted by molar-refractivity contribution is 6.30. The maximum Gasteiger partial charge on any atom is 0.331 e. The Kier molecular flexibility index (Phi) is 7.73. The van der Waals surface area contributed by atoms with Gasteiger partial charge in [-0.1, -0.05) is 48.9 Å². The Hall–Kier alpha value is -3.09. The number of carbonyl (C=O) groups is 1. The van der Waals surface area contributed by atoms with Crippen molar-refractivity contribution >= 4 is 23.3 Å². The maximum atomic E-state index is 13.3. The van der Waals surface area contributed by atoms with Gasteiger partial charge in [0.15, 0.2) is 0 Å². The maximum absolute atomic E-state index is 13.3. The van der Waals surface area contributed by atoms with Crippen LogP contribution in [0.1, 0.15) is 73.9 Å². The van der Waals surface area contributed by atoms with E-state index in [1.54, 1.807) is 6.20 Å². The van der Waals surface area contributed by atoms with E-state index in [9.17, 15) is 9.90 Å². The molecular weight excluding hydrogens is 536 g/mol. The number of carbonyl (C=O) groups excluding carboxylic acids is 1. The molecule has 1 fully saturated rings. The van der Waals surface area contributed by atoms with E-state index in [4.69, 9.17) is 21.1 Å². The molecule has 6 nitrogen and oxygen atoms in total. The van der Waals surface area contributed by atoms with Crippen LogP contribution in [0.15, 0.2) is 60.8 Å². The fourth-order valence-electron chi connectivity index (χ4n) is 7.76. The van der Waals surface area contributed by atoms with Crippen molar-refractivity contribution in [2.75, 3.05) is 19.0 Å². The number of aliphatic hydroxyl groups excluding tert-OH is 1. The van der Waals surface area contributed by atoms with Crippen LogP contribution in [0.3, 0.4) is 0 Å². The highest BCUT2D eigenvalue weighted by Gasteiger charge is 2.54. The summed E-state index contributed by atoms with van der Waals surface area (Å²) in [5, 5.41) is 14.4. The van der Waals surface area contributed by atoms with Crippen LogP contribution >= 0.6 is 11.6 Å². The van der Waals surface area contributed by atoms with E-state index >= 15 is 0 Å². The number of rotatable bonds is 8. The zero-order chi connectivity index (χ0) is 28.6. The minimum absolute atomic E-state index is 0.0143. The molecule has 2 N–H and O–H groups in total. The molecular formula is C34H39ClN2O4. The van der Waals surface area contributed by atoms with Crippen LogP contribution < -0.4 is 10.1 Å². The Balaban J connectivity index is 1.20. The standard InChI is InChI=1S/C34H39ClN2O4/c1-22(21-41-30-12-17-36-31-27(30)10-11-29(31)38)18-24-19-23-6-3-4-9-28(23)33(24)13-15-34(16-14-33,32(39)40-2)37-26-8-5-7-25(35)20-26/h3-9,12,17,20,22,24,29,37-38H,10-11,13-16,18-19,21H2,1-2H3/t22-,24+,29?,33?,34?/m1/s1. The zero-order valence-corrected chi connectivity index (χ0v) is 24.6. The SMILES string of the molecule is COC(=O)C1(Nc2cccc(Cl)c2)CCC2(CC1)c1ccccc1C[C@@H]2C[C@@H](C)COc1ccnc2c1CCC2O. The van der Waals surface area contributed by atoms with Gasteiger partial charge in [0.05, 0.1) is 25.5 Å². The number of nitrogens with one attached hydrogen (secondary N) is 1. The first-order valence-electron chi connectivity index (χ1n) is 14.8. The third kappa shape index (κ3) is 5.21. The number of hydrogen-bond donors (Lipinski definition) is 2. The molecule has 2 aromatic carbocycles. The summed E-state index contributed by atoms with van der Waals surface area (Å²) < 4.78 is 11.7. The number of pyridine rings is 1. The Labute approximate surface area is 247 Å². The second-order valence-corrected chi connectivity index (χ2v) is 12.7. The van der Waals surface area contributed by atoms with Crippen molar-refractivity contribution in [1.29, 1.82) is 0 Å². The molecule has 1 aromatic heterocycles. The molecule has 0 saturated heterocycles. The predicted octanol–water partition coefficient (Wildman–Crippen LogP) is 6.83. The number of benzene rings is 2. The van der Waals surface area contributed by atoms with Crippen molar-refractivity contribution in [2.24, 2.45) is 11.8 Å². The molecule has 1 spiro atoms. The van der Waals surface area contributed by atoms with E-state index in [1.165, 1.54) is 18.2 Å². The fraction of sp³-hybridized carbons (Fsp3) is 0.471. The van der Waals surface area contributed by atoms with Crippen LogP contribution in [0.2, 0.25) is 5.02 Å². The van der Waals surface area contributed by atoms with Gasteiger partial charge in [0.25, 0.3) is 0 Å². The minimum atomic E-state index is -0.784. The zero-order valence-electron chi connectivity index (χ0n) is 23.9. The molecule has 0 radical (unpaired) electrons. The summed E-state index contributed by atoms with van der Waals surface area (Å²) in [5.41, 5.74) is 4.76. The van der Waals surface area contributed by atoms with E-state index in [2.05, 4.69) is 41.5 Å². The second kappa shape index (κ2) is 11.3. The highest BCUT2D eigenvalue weighted by atomic mass is 35.5. The molecule has 3 aliphatic carbocycles. The molecule has 216 valence electrons. The number of nitrogens with zero attached hydrogens (tertiary/aromatic N) is 1. The molecule has 3 atom stereocenters. The topological polar surface area (TPSA) is 80.7 Å². The lowest BCUT2D eigenvalue weighted by Crippen LogP contribution is -2.53. The first-order chi connectivity index (χ1) is 19.8. The van der Waals surface area contributed by atoms with Gasteiger partial charge in [0.2, 0.25) is 0 Å². The van der Waals surface area contributed by atoms with Crippen molar-refractivity contribution in [3.63, 3.8) is 0 Å². The molecule has 41 heavy (non-hydrogen) atoms. The Morgan fingerprint density at radius 1 is 1.15 bits per heavy atom. The lowest BCUT2D eigenvalue weighted by molar-refractivity contribution is -0.148. The number of esters is 1. The number of hydrogen-bond acceptors (Lipinski definition) is 6. The van der Waals surface area contributed by atoms with E-state index in [-0.39, 0.29) is 11.4 Å². The lowest BCUT2D eigenvalue weighted by atomic mass is 9.59. The molecule has 7 heteroatoms. The quantitative estimate of drug-likeness (QED) is 0.287. The summed E-state index contributed by atoms with van der Waals surface area (Å²) in [6, 6.07) is 18.4. The normalized spacial score (nSPS) is 27.2. The van der Waals surface area contributed by atoms with Gasteiger partial charge >= 0.3 is 5.97 Å². The van der Waals surface area contributed by atoms with Crippen LogP contribution in [-0.2, 0) is 27.8 Å². The number of fused-ring (bicyclic) bond motifs is 3. The number of ether oxygens (including phenoxy) is 2. The van der Waals surface area contributed by atoms with E-state index in [0.29, 0.717) is 42.7 Å². The lowest BCUT2D eigenvalue weighted by Gasteiger charge is -2.47. The number of halogens is 1. The first-order valence-corrected chi connectivity index (χ1v) is 15.2. The Morgan fingerprint density at radius 2 is 1.95 bits per heavy atom. The molecule has 3 aromatic rings. The summed E-state index contributed by atoms with van der Waals surface area (Å²) >= 11 is 6.26. The summed E-state index contributed by atoms with van der Waals surface area (Å²) in [6.07, 6.45) is 8.03. The molecule has 1 heterocycles. The monoisotopic (exact) mass is 574 g/mol. The van der Waals surface area contributed by atoms with Crippen LogP contribution in [0.5, 0.6) is 5.75 Å². The van der Waals surface area contributed by atoms with Crippen molar-refractivity contribution in [3.8, 4) is 5.75 Å². The minimum Gasteiger partial charge on any atom is -0.493 e. The molecule has 1 saturated carbocycles. The molecule has 0 aliphatic heterocycles. The molecule has 3 aliphatic rings. The average molecular weight is 575 g/mol. The van der Waals surface area contributed by atoms with Crippen molar-refractivity contribution < 1.29 is 19.4 Å². The molecule has 0 amide bonds. The third-order valence-corrected chi connectivity index (χ3v) is 10.1. The third-order valence-electron chi connectivity index (χ3n) is 9.82. The number of methoxy groups -OCH3 is 1. The highest BCUT2D eigenvalue weighted by Crippen LogP contribution is 2.56. The number of aliphatic hydroxyl groups is 1. The second-order valence-electron chi connectivity index (χ2n) is 12.3. The van der Waals surface area contributed by atoms with Crippen LogP contribution in [-0.4, -0.2) is 35.3 Å². The number of anilines is 1. The summed E-state index contributed by atoms with van der Waals surface area (Å²) in [7, 11) is 1.47. The summed E-state index contributed by atoms with van der Waals surface area (Å²) in [5.74, 6) is 1.45. The first kappa shape index (κ1) is 28.0. The van der Waals surface area contributed by atoms with Gasteiger partial charge in [-0.2, -0.15) is 0 Å². The van der Waals surface area contributed by atoms with Gasteiger partial charge in [0, 0.05) is 22.5 Å². The fourth-order valence-corrected chi connectivity index (χ4v) is 7.95. The van der Waals surface area contributed by atoms with Crippen LogP contribution in [0, 0.1) is 11.8 Å². The largest absolute Gasteiger partial charge is 0.493 e. The molecule has 1 unspecified atom stereocenters. The van der Waals surface area contributed by atoms with Crippen molar-refractivity contribution in [2.45, 2.75) is 75.3 Å². The Bertz CT molecular complexity index is 1420. The summed E-state index contributed by atoms with van der Waals surface area (Å²) in [6.45, 7) is 2.90.